The van der Waals surface area contributed by atoms with Gasteiger partial charge < -0.3 is 24.7 Å². The smallest absolute Gasteiger partial charge is 0.205 e. The Balaban J connectivity index is 2.04. The molecule has 2 rings (SSSR count). The summed E-state index contributed by atoms with van der Waals surface area (Å²) in [6.07, 6.45) is 3.87. The first-order valence-electron chi connectivity index (χ1n) is 6.34. The molecule has 1 aliphatic heterocycles. The third-order valence-electron chi connectivity index (χ3n) is 3.19. The van der Waals surface area contributed by atoms with Gasteiger partial charge in [-0.2, -0.15) is 0 Å². The maximum absolute atomic E-state index is 5.90. The van der Waals surface area contributed by atoms with Crippen LogP contribution in [-0.2, 0) is 16.0 Å². The van der Waals surface area contributed by atoms with Crippen molar-refractivity contribution in [3.8, 4) is 0 Å². The highest BCUT2D eigenvalue weighted by atomic mass is 16.5. The van der Waals surface area contributed by atoms with Crippen LogP contribution in [0.2, 0.25) is 0 Å². The molecule has 1 aliphatic rings. The lowest BCUT2D eigenvalue weighted by Crippen LogP contribution is -2.50. The fraction of sp³-hybridized carbons (Fsp3) is 0.750. The summed E-state index contributed by atoms with van der Waals surface area (Å²) in [6.45, 7) is 5.82. The first-order chi connectivity index (χ1) is 8.72. The van der Waals surface area contributed by atoms with Crippen molar-refractivity contribution < 1.29 is 9.47 Å². The molecule has 1 fully saturated rings. The van der Waals surface area contributed by atoms with Crippen LogP contribution in [-0.4, -0.2) is 55.1 Å². The summed E-state index contributed by atoms with van der Waals surface area (Å²) in [5.74, 6) is 0.973. The number of ether oxygens (including phenoxy) is 2. The van der Waals surface area contributed by atoms with E-state index in [0.29, 0.717) is 13.2 Å². The summed E-state index contributed by atoms with van der Waals surface area (Å²) in [5.41, 5.74) is 5.90. The number of imidazole rings is 1. The van der Waals surface area contributed by atoms with Crippen LogP contribution in [0.25, 0.3) is 0 Å². The predicted molar refractivity (Wildman–Crippen MR) is 69.7 cm³/mol. The predicted octanol–water partition coefficient (Wildman–Crippen LogP) is 0.0819. The van der Waals surface area contributed by atoms with Gasteiger partial charge >= 0.3 is 0 Å². The van der Waals surface area contributed by atoms with Crippen molar-refractivity contribution in [3.63, 3.8) is 0 Å². The molecule has 6 heteroatoms. The van der Waals surface area contributed by atoms with Crippen LogP contribution in [0.15, 0.2) is 12.4 Å². The van der Waals surface area contributed by atoms with Gasteiger partial charge in [0.1, 0.15) is 0 Å². The lowest BCUT2D eigenvalue weighted by atomic mass is 10.1. The van der Waals surface area contributed by atoms with E-state index in [0.717, 1.165) is 25.6 Å². The molecule has 0 spiro atoms. The Hall–Kier alpha value is -1.11. The van der Waals surface area contributed by atoms with Crippen molar-refractivity contribution in [2.24, 2.45) is 5.73 Å². The Morgan fingerprint density at radius 2 is 2.50 bits per heavy atom. The highest BCUT2D eigenvalue weighted by Crippen LogP contribution is 2.16. The first-order valence-corrected chi connectivity index (χ1v) is 6.34. The molecular formula is C12H22N4O2. The molecule has 2 unspecified atom stereocenters. The Morgan fingerprint density at radius 3 is 3.22 bits per heavy atom. The van der Waals surface area contributed by atoms with Crippen molar-refractivity contribution in [1.82, 2.24) is 9.55 Å². The van der Waals surface area contributed by atoms with Gasteiger partial charge in [0.2, 0.25) is 5.95 Å². The highest BCUT2D eigenvalue weighted by molar-refractivity contribution is 5.32. The quantitative estimate of drug-likeness (QED) is 0.806. The molecule has 18 heavy (non-hydrogen) atoms. The summed E-state index contributed by atoms with van der Waals surface area (Å²) in [5, 5.41) is 0. The van der Waals surface area contributed by atoms with Gasteiger partial charge in [-0.3, -0.25) is 0 Å². The number of nitrogens with two attached hydrogens (primary N) is 1. The Kier molecular flexibility index (Phi) is 4.57. The second-order valence-corrected chi connectivity index (χ2v) is 4.63. The summed E-state index contributed by atoms with van der Waals surface area (Å²) < 4.78 is 12.9. The summed E-state index contributed by atoms with van der Waals surface area (Å²) >= 11 is 0. The molecule has 2 heterocycles. The number of hydrogen-bond donors (Lipinski definition) is 1. The van der Waals surface area contributed by atoms with Gasteiger partial charge in [0.15, 0.2) is 0 Å². The SMILES string of the molecule is COCCn1ccnc1N1CCOC(C(C)N)C1. The lowest BCUT2D eigenvalue weighted by Gasteiger charge is -2.35. The van der Waals surface area contributed by atoms with E-state index < -0.39 is 0 Å². The number of nitrogens with zero attached hydrogens (tertiary/aromatic N) is 3. The molecule has 1 saturated heterocycles. The van der Waals surface area contributed by atoms with E-state index in [1.807, 2.05) is 19.3 Å². The van der Waals surface area contributed by atoms with Crippen LogP contribution in [0.5, 0.6) is 0 Å². The normalized spacial score (nSPS) is 22.2. The Bertz CT molecular complexity index is 367. The number of anilines is 1. The Labute approximate surface area is 108 Å². The number of aromatic nitrogens is 2. The fourth-order valence-electron chi connectivity index (χ4n) is 2.12. The van der Waals surface area contributed by atoms with Gasteiger partial charge in [-0.1, -0.05) is 0 Å². The zero-order chi connectivity index (χ0) is 13.0. The van der Waals surface area contributed by atoms with E-state index in [1.54, 1.807) is 7.11 Å². The van der Waals surface area contributed by atoms with E-state index in [9.17, 15) is 0 Å². The van der Waals surface area contributed by atoms with Crippen LogP contribution in [0.1, 0.15) is 6.92 Å². The van der Waals surface area contributed by atoms with Gasteiger partial charge in [-0.25, -0.2) is 4.98 Å². The van der Waals surface area contributed by atoms with Crippen molar-refractivity contribution >= 4 is 5.95 Å². The van der Waals surface area contributed by atoms with E-state index in [1.165, 1.54) is 0 Å². The number of rotatable bonds is 5. The maximum Gasteiger partial charge on any atom is 0.205 e. The van der Waals surface area contributed by atoms with Gasteiger partial charge in [-0.05, 0) is 6.92 Å². The minimum Gasteiger partial charge on any atom is -0.383 e. The van der Waals surface area contributed by atoms with Gasteiger partial charge in [-0.15, -0.1) is 0 Å². The molecule has 0 saturated carbocycles. The average Bonchev–Trinajstić information content (AvgIpc) is 2.84. The Morgan fingerprint density at radius 1 is 1.67 bits per heavy atom. The fourth-order valence-corrected chi connectivity index (χ4v) is 2.12. The number of methoxy groups -OCH3 is 1. The summed E-state index contributed by atoms with van der Waals surface area (Å²) in [6, 6.07) is 0.0372. The monoisotopic (exact) mass is 254 g/mol. The van der Waals surface area contributed by atoms with Crippen LogP contribution < -0.4 is 10.6 Å². The van der Waals surface area contributed by atoms with Gasteiger partial charge in [0.05, 0.1) is 19.3 Å². The molecular weight excluding hydrogens is 232 g/mol. The molecule has 102 valence electrons. The first kappa shape index (κ1) is 13.3. The number of hydrogen-bond acceptors (Lipinski definition) is 5. The largest absolute Gasteiger partial charge is 0.383 e. The van der Waals surface area contributed by atoms with E-state index in [-0.39, 0.29) is 12.1 Å². The lowest BCUT2D eigenvalue weighted by molar-refractivity contribution is 0.0268. The van der Waals surface area contributed by atoms with E-state index in [2.05, 4.69) is 14.5 Å². The van der Waals surface area contributed by atoms with Crippen molar-refractivity contribution in [3.05, 3.63) is 12.4 Å². The maximum atomic E-state index is 5.90. The van der Waals surface area contributed by atoms with Crippen LogP contribution >= 0.6 is 0 Å². The van der Waals surface area contributed by atoms with Gasteiger partial charge in [0, 0.05) is 45.2 Å². The second kappa shape index (κ2) is 6.17. The molecule has 0 aromatic carbocycles. The van der Waals surface area contributed by atoms with Gasteiger partial charge in [0.25, 0.3) is 0 Å². The average molecular weight is 254 g/mol. The van der Waals surface area contributed by atoms with Crippen LogP contribution in [0, 0.1) is 0 Å². The third kappa shape index (κ3) is 3.01. The molecule has 1 aromatic heterocycles. The van der Waals surface area contributed by atoms with E-state index in [4.69, 9.17) is 15.2 Å². The second-order valence-electron chi connectivity index (χ2n) is 4.63. The highest BCUT2D eigenvalue weighted by Gasteiger charge is 2.25. The van der Waals surface area contributed by atoms with Crippen molar-refractivity contribution in [1.29, 1.82) is 0 Å². The molecule has 0 radical (unpaired) electrons. The molecule has 6 nitrogen and oxygen atoms in total. The van der Waals surface area contributed by atoms with Crippen molar-refractivity contribution in [2.75, 3.05) is 38.3 Å². The van der Waals surface area contributed by atoms with E-state index >= 15 is 0 Å². The molecule has 2 N–H and O–H groups in total. The molecule has 0 aliphatic carbocycles. The third-order valence-corrected chi connectivity index (χ3v) is 3.19. The zero-order valence-corrected chi connectivity index (χ0v) is 11.1. The van der Waals surface area contributed by atoms with Crippen molar-refractivity contribution in [2.45, 2.75) is 25.6 Å². The standard InChI is InChI=1S/C12H22N4O2/c1-10(13)11-9-16(6-8-18-11)12-14-3-4-15(12)5-7-17-2/h3-4,10-11H,5-9,13H2,1-2H3. The molecule has 1 aromatic rings. The zero-order valence-electron chi connectivity index (χ0n) is 11.1. The number of morpholine rings is 1. The molecule has 0 bridgehead atoms. The summed E-state index contributed by atoms with van der Waals surface area (Å²) in [4.78, 5) is 6.65. The molecule has 2 atom stereocenters. The van der Waals surface area contributed by atoms with Crippen LogP contribution in [0.3, 0.4) is 0 Å². The molecule has 0 amide bonds. The summed E-state index contributed by atoms with van der Waals surface area (Å²) in [7, 11) is 1.71. The topological polar surface area (TPSA) is 65.5 Å². The minimum absolute atomic E-state index is 0.0372. The minimum atomic E-state index is 0.0372. The van der Waals surface area contributed by atoms with Crippen LogP contribution in [0.4, 0.5) is 5.95 Å².